The number of hydroxylamine groups is 1. The lowest BCUT2D eigenvalue weighted by Crippen LogP contribution is -2.52. The summed E-state index contributed by atoms with van der Waals surface area (Å²) in [6.07, 6.45) is 1.92. The van der Waals surface area contributed by atoms with Gasteiger partial charge in [0.15, 0.2) is 0 Å². The quantitative estimate of drug-likeness (QED) is 0.654. The molecule has 0 aromatic carbocycles. The fourth-order valence-corrected chi connectivity index (χ4v) is 1.66. The Morgan fingerprint density at radius 3 is 2.85 bits per heavy atom. The van der Waals surface area contributed by atoms with Crippen LogP contribution in [0.3, 0.4) is 0 Å². The maximum Gasteiger partial charge on any atom is 0.242 e. The molecule has 1 N–H and O–H groups in total. The summed E-state index contributed by atoms with van der Waals surface area (Å²) < 4.78 is 0. The molecule has 0 aromatic rings. The van der Waals surface area contributed by atoms with Crippen LogP contribution in [0, 0.1) is 0 Å². The van der Waals surface area contributed by atoms with Crippen LogP contribution in [0.25, 0.3) is 0 Å². The van der Waals surface area contributed by atoms with Gasteiger partial charge in [-0.1, -0.05) is 0 Å². The van der Waals surface area contributed by atoms with Crippen LogP contribution >= 0.6 is 0 Å². The van der Waals surface area contributed by atoms with Gasteiger partial charge < -0.3 is 9.74 Å². The van der Waals surface area contributed by atoms with Crippen molar-refractivity contribution in [3.05, 3.63) is 0 Å². The predicted octanol–water partition coefficient (Wildman–Crippen LogP) is 0.537. The van der Waals surface area contributed by atoms with Gasteiger partial charge in [-0.2, -0.15) is 5.48 Å². The van der Waals surface area contributed by atoms with E-state index in [9.17, 15) is 4.79 Å². The maximum absolute atomic E-state index is 11.7. The molecular formula is C9H18N2O2. The highest BCUT2D eigenvalue weighted by Gasteiger charge is 2.29. The van der Waals surface area contributed by atoms with Crippen molar-refractivity contribution in [1.29, 1.82) is 0 Å². The summed E-state index contributed by atoms with van der Waals surface area (Å²) in [6, 6.07) is 0.134. The monoisotopic (exact) mass is 186 g/mol. The second kappa shape index (κ2) is 4.58. The highest BCUT2D eigenvalue weighted by molar-refractivity contribution is 5.82. The standard InChI is InChI=1S/C9H18N2O2/c1-7(2)11-6-4-5-8(9(11)12)10-13-3/h7-8,10H,4-6H2,1-3H3. The SMILES string of the molecule is CONC1CCCN(C(C)C)C1=O. The molecule has 0 saturated carbocycles. The molecule has 0 aromatic heterocycles. The van der Waals surface area contributed by atoms with Crippen LogP contribution in [0.2, 0.25) is 0 Å². The van der Waals surface area contributed by atoms with Gasteiger partial charge in [-0.3, -0.25) is 4.79 Å². The normalized spacial score (nSPS) is 24.2. The third kappa shape index (κ3) is 2.42. The van der Waals surface area contributed by atoms with Gasteiger partial charge in [0.1, 0.15) is 6.04 Å². The second-order valence-corrected chi connectivity index (χ2v) is 3.64. The molecule has 1 atom stereocenters. The summed E-state index contributed by atoms with van der Waals surface area (Å²) in [6.45, 7) is 4.94. The second-order valence-electron chi connectivity index (χ2n) is 3.64. The average molecular weight is 186 g/mol. The summed E-state index contributed by atoms with van der Waals surface area (Å²) in [5.74, 6) is 0.156. The van der Waals surface area contributed by atoms with Crippen molar-refractivity contribution in [3.63, 3.8) is 0 Å². The van der Waals surface area contributed by atoms with E-state index < -0.39 is 0 Å². The molecule has 1 amide bonds. The average Bonchev–Trinajstić information content (AvgIpc) is 2.08. The summed E-state index contributed by atoms with van der Waals surface area (Å²) in [7, 11) is 1.54. The molecule has 1 rings (SSSR count). The first-order valence-electron chi connectivity index (χ1n) is 4.75. The van der Waals surface area contributed by atoms with Gasteiger partial charge in [-0.25, -0.2) is 0 Å². The summed E-state index contributed by atoms with van der Waals surface area (Å²) >= 11 is 0. The first-order valence-corrected chi connectivity index (χ1v) is 4.75. The molecule has 1 aliphatic heterocycles. The fourth-order valence-electron chi connectivity index (χ4n) is 1.66. The number of amides is 1. The number of hydrogen-bond donors (Lipinski definition) is 1. The molecule has 1 aliphatic rings. The van der Waals surface area contributed by atoms with E-state index in [-0.39, 0.29) is 18.0 Å². The molecule has 1 fully saturated rings. The number of rotatable bonds is 3. The molecule has 4 heteroatoms. The lowest BCUT2D eigenvalue weighted by Gasteiger charge is -2.34. The number of likely N-dealkylation sites (tertiary alicyclic amines) is 1. The number of nitrogens with zero attached hydrogens (tertiary/aromatic N) is 1. The largest absolute Gasteiger partial charge is 0.339 e. The Hall–Kier alpha value is -0.610. The first-order chi connectivity index (χ1) is 6.16. The van der Waals surface area contributed by atoms with E-state index in [0.717, 1.165) is 19.4 Å². The number of carbonyl (C=O) groups excluding carboxylic acids is 1. The number of piperidine rings is 1. The van der Waals surface area contributed by atoms with Gasteiger partial charge in [0.2, 0.25) is 5.91 Å². The van der Waals surface area contributed by atoms with Gasteiger partial charge in [0, 0.05) is 12.6 Å². The molecule has 1 saturated heterocycles. The van der Waals surface area contributed by atoms with Crippen LogP contribution in [0.4, 0.5) is 0 Å². The molecule has 1 unspecified atom stereocenters. The van der Waals surface area contributed by atoms with Gasteiger partial charge in [-0.15, -0.1) is 0 Å². The minimum atomic E-state index is -0.152. The van der Waals surface area contributed by atoms with Crippen LogP contribution in [-0.2, 0) is 9.63 Å². The number of hydrogen-bond acceptors (Lipinski definition) is 3. The summed E-state index contributed by atoms with van der Waals surface area (Å²) in [5.41, 5.74) is 2.73. The Morgan fingerprint density at radius 2 is 2.31 bits per heavy atom. The Kier molecular flexibility index (Phi) is 3.69. The molecule has 1 heterocycles. The lowest BCUT2D eigenvalue weighted by atomic mass is 10.0. The van der Waals surface area contributed by atoms with E-state index in [1.165, 1.54) is 0 Å². The van der Waals surface area contributed by atoms with Crippen LogP contribution in [-0.4, -0.2) is 36.5 Å². The van der Waals surface area contributed by atoms with Crippen molar-refractivity contribution < 1.29 is 9.63 Å². The van der Waals surface area contributed by atoms with Crippen molar-refractivity contribution in [2.75, 3.05) is 13.7 Å². The van der Waals surface area contributed by atoms with Crippen molar-refractivity contribution >= 4 is 5.91 Å². The molecule has 0 bridgehead atoms. The van der Waals surface area contributed by atoms with Crippen molar-refractivity contribution in [1.82, 2.24) is 10.4 Å². The van der Waals surface area contributed by atoms with E-state index in [4.69, 9.17) is 4.84 Å². The van der Waals surface area contributed by atoms with E-state index in [1.807, 2.05) is 18.7 Å². The zero-order valence-electron chi connectivity index (χ0n) is 8.54. The lowest BCUT2D eigenvalue weighted by molar-refractivity contribution is -0.142. The minimum absolute atomic E-state index is 0.152. The molecular weight excluding hydrogens is 168 g/mol. The van der Waals surface area contributed by atoms with Crippen molar-refractivity contribution in [2.24, 2.45) is 0 Å². The third-order valence-corrected chi connectivity index (χ3v) is 2.36. The Labute approximate surface area is 79.2 Å². The van der Waals surface area contributed by atoms with Gasteiger partial charge >= 0.3 is 0 Å². The zero-order chi connectivity index (χ0) is 9.84. The highest BCUT2D eigenvalue weighted by Crippen LogP contribution is 2.14. The summed E-state index contributed by atoms with van der Waals surface area (Å²) in [4.78, 5) is 18.4. The van der Waals surface area contributed by atoms with Crippen LogP contribution < -0.4 is 5.48 Å². The van der Waals surface area contributed by atoms with Crippen LogP contribution in [0.1, 0.15) is 26.7 Å². The van der Waals surface area contributed by atoms with Crippen LogP contribution in [0.5, 0.6) is 0 Å². The molecule has 0 radical (unpaired) electrons. The number of nitrogens with one attached hydrogen (secondary N) is 1. The molecule has 4 nitrogen and oxygen atoms in total. The van der Waals surface area contributed by atoms with Crippen molar-refractivity contribution in [3.8, 4) is 0 Å². The summed E-state index contributed by atoms with van der Waals surface area (Å²) in [5, 5.41) is 0. The zero-order valence-corrected chi connectivity index (χ0v) is 8.54. The molecule has 76 valence electrons. The highest BCUT2D eigenvalue weighted by atomic mass is 16.6. The first kappa shape index (κ1) is 10.5. The third-order valence-electron chi connectivity index (χ3n) is 2.36. The van der Waals surface area contributed by atoms with E-state index in [1.54, 1.807) is 7.11 Å². The molecule has 0 spiro atoms. The van der Waals surface area contributed by atoms with Crippen molar-refractivity contribution in [2.45, 2.75) is 38.8 Å². The van der Waals surface area contributed by atoms with E-state index in [0.29, 0.717) is 0 Å². The number of carbonyl (C=O) groups is 1. The molecule has 13 heavy (non-hydrogen) atoms. The smallest absolute Gasteiger partial charge is 0.242 e. The fraction of sp³-hybridized carbons (Fsp3) is 0.889. The van der Waals surface area contributed by atoms with Crippen LogP contribution in [0.15, 0.2) is 0 Å². The Morgan fingerprint density at radius 1 is 1.62 bits per heavy atom. The Bertz CT molecular complexity index is 180. The van der Waals surface area contributed by atoms with Gasteiger partial charge in [0.05, 0.1) is 7.11 Å². The van der Waals surface area contributed by atoms with E-state index in [2.05, 4.69) is 5.48 Å². The molecule has 0 aliphatic carbocycles. The van der Waals surface area contributed by atoms with E-state index >= 15 is 0 Å². The topological polar surface area (TPSA) is 41.6 Å². The minimum Gasteiger partial charge on any atom is -0.339 e. The predicted molar refractivity (Wildman–Crippen MR) is 50.0 cm³/mol. The van der Waals surface area contributed by atoms with Gasteiger partial charge in [-0.05, 0) is 26.7 Å². The van der Waals surface area contributed by atoms with Gasteiger partial charge in [0.25, 0.3) is 0 Å². The maximum atomic E-state index is 11.7. The Balaban J connectivity index is 2.55.